The van der Waals surface area contributed by atoms with Crippen LogP contribution in [0.1, 0.15) is 55.8 Å². The highest BCUT2D eigenvalue weighted by Gasteiger charge is 2.06. The van der Waals surface area contributed by atoms with Crippen LogP contribution in [0.15, 0.2) is 29.2 Å². The summed E-state index contributed by atoms with van der Waals surface area (Å²) < 4.78 is 0. The maximum absolute atomic E-state index is 11.7. The highest BCUT2D eigenvalue weighted by atomic mass is 35.5. The lowest BCUT2D eigenvalue weighted by molar-refractivity contribution is -0.111. The van der Waals surface area contributed by atoms with Crippen molar-refractivity contribution < 1.29 is 14.7 Å². The van der Waals surface area contributed by atoms with Crippen LogP contribution in [0, 0.1) is 0 Å². The van der Waals surface area contributed by atoms with Gasteiger partial charge in [0.05, 0.1) is 5.56 Å². The number of carbonyl (C=O) groups excluding carboxylic acids is 1. The largest absolute Gasteiger partial charge is 0.478 e. The number of aromatic carboxylic acids is 1. The van der Waals surface area contributed by atoms with Gasteiger partial charge in [-0.1, -0.05) is 44.4 Å². The number of rotatable bonds is 8. The fourth-order valence-corrected chi connectivity index (χ4v) is 2.50. The molecule has 1 N–H and O–H groups in total. The zero-order valence-corrected chi connectivity index (χ0v) is 13.3. The number of hydrogen-bond acceptors (Lipinski definition) is 3. The zero-order valence-electron chi connectivity index (χ0n) is 11.6. The molecule has 112 valence electrons. The molecule has 1 aromatic carbocycles. The van der Waals surface area contributed by atoms with Gasteiger partial charge < -0.3 is 5.11 Å². The van der Waals surface area contributed by atoms with Gasteiger partial charge in [-0.25, -0.2) is 4.79 Å². The van der Waals surface area contributed by atoms with E-state index in [0.29, 0.717) is 6.42 Å². The highest BCUT2D eigenvalue weighted by molar-refractivity contribution is 8.13. The first-order valence-electron chi connectivity index (χ1n) is 6.67. The second kappa shape index (κ2) is 10.7. The van der Waals surface area contributed by atoms with Crippen molar-refractivity contribution in [1.82, 2.24) is 0 Å². The number of carboxylic acid groups (broad SMARTS) is 1. The molecular weight excluding hydrogens is 296 g/mol. The van der Waals surface area contributed by atoms with Gasteiger partial charge in [-0.05, 0) is 30.7 Å². The summed E-state index contributed by atoms with van der Waals surface area (Å²) in [7, 11) is 0. The van der Waals surface area contributed by atoms with E-state index in [2.05, 4.69) is 6.92 Å². The molecule has 0 aliphatic rings. The van der Waals surface area contributed by atoms with Crippen LogP contribution in [0.4, 0.5) is 0 Å². The minimum atomic E-state index is -0.946. The number of halogens is 1. The average Bonchev–Trinajstić information content (AvgIpc) is 2.39. The van der Waals surface area contributed by atoms with E-state index in [-0.39, 0.29) is 23.1 Å². The van der Waals surface area contributed by atoms with E-state index in [1.807, 2.05) is 0 Å². The van der Waals surface area contributed by atoms with Gasteiger partial charge in [0.1, 0.15) is 0 Å². The Bertz CT molecular complexity index is 418. The van der Waals surface area contributed by atoms with E-state index in [1.165, 1.54) is 43.2 Å². The van der Waals surface area contributed by atoms with E-state index in [4.69, 9.17) is 5.11 Å². The molecule has 1 aromatic rings. The molecule has 3 nitrogen and oxygen atoms in total. The molecule has 0 fully saturated rings. The summed E-state index contributed by atoms with van der Waals surface area (Å²) >= 11 is 1.20. The number of carbonyl (C=O) groups is 2. The van der Waals surface area contributed by atoms with Crippen molar-refractivity contribution >= 4 is 35.3 Å². The lowest BCUT2D eigenvalue weighted by Gasteiger charge is -2.02. The summed E-state index contributed by atoms with van der Waals surface area (Å²) in [6.07, 6.45) is 6.28. The lowest BCUT2D eigenvalue weighted by atomic mass is 10.1. The molecule has 0 unspecified atom stereocenters. The van der Waals surface area contributed by atoms with Crippen LogP contribution >= 0.6 is 24.2 Å². The average molecular weight is 317 g/mol. The SMILES string of the molecule is CCCCCCCC(=O)Sc1ccc(C(=O)O)cc1.Cl. The first-order chi connectivity index (χ1) is 9.13. The zero-order chi connectivity index (χ0) is 14.1. The molecule has 0 bridgehead atoms. The first kappa shape index (κ1) is 19.0. The minimum Gasteiger partial charge on any atom is -0.478 e. The van der Waals surface area contributed by atoms with Crippen molar-refractivity contribution in [2.75, 3.05) is 0 Å². The minimum absolute atomic E-state index is 0. The van der Waals surface area contributed by atoms with E-state index >= 15 is 0 Å². The van der Waals surface area contributed by atoms with Crippen LogP contribution in [0.25, 0.3) is 0 Å². The summed E-state index contributed by atoms with van der Waals surface area (Å²) in [6, 6.07) is 6.42. The fourth-order valence-electron chi connectivity index (χ4n) is 1.72. The van der Waals surface area contributed by atoms with Gasteiger partial charge in [-0.2, -0.15) is 0 Å². The van der Waals surface area contributed by atoms with Crippen molar-refractivity contribution in [3.8, 4) is 0 Å². The molecule has 0 aromatic heterocycles. The Labute approximate surface area is 130 Å². The Morgan fingerprint density at radius 1 is 1.05 bits per heavy atom. The molecule has 0 saturated carbocycles. The molecule has 0 amide bonds. The molecule has 0 saturated heterocycles. The number of carboxylic acids is 1. The van der Waals surface area contributed by atoms with Gasteiger partial charge in [0.15, 0.2) is 5.12 Å². The molecule has 1 rings (SSSR count). The molecule has 20 heavy (non-hydrogen) atoms. The maximum Gasteiger partial charge on any atom is 0.335 e. The van der Waals surface area contributed by atoms with Crippen molar-refractivity contribution in [3.05, 3.63) is 29.8 Å². The van der Waals surface area contributed by atoms with Crippen molar-refractivity contribution in [2.24, 2.45) is 0 Å². The van der Waals surface area contributed by atoms with E-state index in [1.54, 1.807) is 12.1 Å². The third-order valence-electron chi connectivity index (χ3n) is 2.82. The molecule has 0 heterocycles. The van der Waals surface area contributed by atoms with E-state index < -0.39 is 5.97 Å². The topological polar surface area (TPSA) is 54.4 Å². The monoisotopic (exact) mass is 316 g/mol. The number of benzene rings is 1. The van der Waals surface area contributed by atoms with Crippen LogP contribution < -0.4 is 0 Å². The van der Waals surface area contributed by atoms with E-state index in [0.717, 1.165) is 17.7 Å². The van der Waals surface area contributed by atoms with E-state index in [9.17, 15) is 9.59 Å². The highest BCUT2D eigenvalue weighted by Crippen LogP contribution is 2.22. The van der Waals surface area contributed by atoms with Gasteiger partial charge in [-0.15, -0.1) is 12.4 Å². The number of unbranched alkanes of at least 4 members (excludes halogenated alkanes) is 4. The van der Waals surface area contributed by atoms with Crippen LogP contribution in [0.2, 0.25) is 0 Å². The molecule has 0 radical (unpaired) electrons. The standard InChI is InChI=1S/C15H20O3S.ClH/c1-2-3-4-5-6-7-14(16)19-13-10-8-12(9-11-13)15(17)18;/h8-11H,2-7H2,1H3,(H,17,18);1H. The smallest absolute Gasteiger partial charge is 0.335 e. The molecule has 0 aliphatic carbocycles. The molecule has 0 spiro atoms. The molecule has 0 aliphatic heterocycles. The van der Waals surface area contributed by atoms with Crippen LogP contribution in [0.3, 0.4) is 0 Å². The van der Waals surface area contributed by atoms with Gasteiger partial charge >= 0.3 is 5.97 Å². The van der Waals surface area contributed by atoms with Gasteiger partial charge in [0.25, 0.3) is 0 Å². The third-order valence-corrected chi connectivity index (χ3v) is 3.76. The first-order valence-corrected chi connectivity index (χ1v) is 7.49. The summed E-state index contributed by atoms with van der Waals surface area (Å²) in [5, 5.41) is 8.92. The summed E-state index contributed by atoms with van der Waals surface area (Å²) in [5.41, 5.74) is 0.247. The molecular formula is C15H21ClO3S. The lowest BCUT2D eigenvalue weighted by Crippen LogP contribution is -1.96. The number of thioether (sulfide) groups is 1. The maximum atomic E-state index is 11.7. The fraction of sp³-hybridized carbons (Fsp3) is 0.467. The van der Waals surface area contributed by atoms with Gasteiger partial charge in [-0.3, -0.25) is 4.79 Å². The number of hydrogen-bond donors (Lipinski definition) is 1. The van der Waals surface area contributed by atoms with Gasteiger partial charge in [0.2, 0.25) is 0 Å². The third kappa shape index (κ3) is 7.56. The summed E-state index contributed by atoms with van der Waals surface area (Å²) in [5.74, 6) is -0.946. The second-order valence-electron chi connectivity index (χ2n) is 4.47. The summed E-state index contributed by atoms with van der Waals surface area (Å²) in [6.45, 7) is 2.17. The Balaban J connectivity index is 0.00000361. The predicted octanol–water partition coefficient (Wildman–Crippen LogP) is 4.79. The van der Waals surface area contributed by atoms with Crippen molar-refractivity contribution in [2.45, 2.75) is 50.3 Å². The summed E-state index contributed by atoms with van der Waals surface area (Å²) in [4.78, 5) is 23.2. The quantitative estimate of drug-likeness (QED) is 0.553. The van der Waals surface area contributed by atoms with Crippen molar-refractivity contribution in [1.29, 1.82) is 0 Å². The Morgan fingerprint density at radius 3 is 2.20 bits per heavy atom. The Kier molecular flexibility index (Phi) is 10.2. The Hall–Kier alpha value is -1.00. The second-order valence-corrected chi connectivity index (χ2v) is 5.60. The molecule has 0 atom stereocenters. The van der Waals surface area contributed by atoms with Crippen LogP contribution in [-0.2, 0) is 4.79 Å². The van der Waals surface area contributed by atoms with Crippen LogP contribution in [0.5, 0.6) is 0 Å². The predicted molar refractivity (Wildman–Crippen MR) is 84.9 cm³/mol. The van der Waals surface area contributed by atoms with Crippen LogP contribution in [-0.4, -0.2) is 16.2 Å². The normalized spacial score (nSPS) is 9.85. The Morgan fingerprint density at radius 2 is 1.65 bits per heavy atom. The van der Waals surface area contributed by atoms with Gasteiger partial charge in [0, 0.05) is 11.3 Å². The molecule has 5 heteroatoms. The van der Waals surface area contributed by atoms with Crippen molar-refractivity contribution in [3.63, 3.8) is 0 Å².